The summed E-state index contributed by atoms with van der Waals surface area (Å²) in [5, 5.41) is 0. The van der Waals surface area contributed by atoms with Crippen LogP contribution < -0.4 is 0 Å². The predicted octanol–water partition coefficient (Wildman–Crippen LogP) is 2.81. The summed E-state index contributed by atoms with van der Waals surface area (Å²) in [4.78, 5) is 11.3. The quantitative estimate of drug-likeness (QED) is 0.626. The molecule has 0 unspecified atom stereocenters. The molecule has 3 heteroatoms. The van der Waals surface area contributed by atoms with E-state index >= 15 is 0 Å². The summed E-state index contributed by atoms with van der Waals surface area (Å²) in [6, 6.07) is 7.28. The van der Waals surface area contributed by atoms with Crippen molar-refractivity contribution >= 4 is 24.7 Å². The second-order valence-corrected chi connectivity index (χ2v) is 3.29. The van der Waals surface area contributed by atoms with Crippen molar-refractivity contribution in [2.45, 2.75) is 6.92 Å². The van der Waals surface area contributed by atoms with Crippen molar-refractivity contribution in [2.75, 3.05) is 12.4 Å². The van der Waals surface area contributed by atoms with E-state index in [0.29, 0.717) is 17.9 Å². The molecular formula is C12H14O2S. The van der Waals surface area contributed by atoms with E-state index in [-0.39, 0.29) is 5.97 Å². The second kappa shape index (κ2) is 6.30. The van der Waals surface area contributed by atoms with Crippen molar-refractivity contribution in [2.24, 2.45) is 0 Å². The van der Waals surface area contributed by atoms with Gasteiger partial charge >= 0.3 is 5.97 Å². The molecule has 0 saturated carbocycles. The van der Waals surface area contributed by atoms with E-state index in [9.17, 15) is 4.79 Å². The highest BCUT2D eigenvalue weighted by Crippen LogP contribution is 2.07. The van der Waals surface area contributed by atoms with Gasteiger partial charge in [0, 0.05) is 5.75 Å². The van der Waals surface area contributed by atoms with E-state index in [1.54, 1.807) is 19.1 Å². The van der Waals surface area contributed by atoms with Crippen molar-refractivity contribution in [3.63, 3.8) is 0 Å². The van der Waals surface area contributed by atoms with Crippen molar-refractivity contribution in [1.29, 1.82) is 0 Å². The Hall–Kier alpha value is -1.22. The van der Waals surface area contributed by atoms with Crippen LogP contribution in [0, 0.1) is 0 Å². The minimum atomic E-state index is -0.276. The number of rotatable bonds is 4. The third kappa shape index (κ3) is 3.80. The van der Waals surface area contributed by atoms with Gasteiger partial charge in [-0.25, -0.2) is 4.79 Å². The monoisotopic (exact) mass is 222 g/mol. The number of hydrogen-bond donors (Lipinski definition) is 1. The normalized spacial score (nSPS) is 10.5. The van der Waals surface area contributed by atoms with Crippen LogP contribution in [0.3, 0.4) is 0 Å². The SMILES string of the molecule is CCOC(=O)c1ccc(C=CCS)cc1. The van der Waals surface area contributed by atoms with Crippen LogP contribution in [0.2, 0.25) is 0 Å². The topological polar surface area (TPSA) is 26.3 Å². The highest BCUT2D eigenvalue weighted by Gasteiger charge is 2.04. The number of hydrogen-bond acceptors (Lipinski definition) is 3. The molecule has 0 fully saturated rings. The fraction of sp³-hybridized carbons (Fsp3) is 0.250. The maximum atomic E-state index is 11.3. The Morgan fingerprint density at radius 2 is 2.07 bits per heavy atom. The number of esters is 1. The molecule has 0 saturated heterocycles. The highest BCUT2D eigenvalue weighted by atomic mass is 32.1. The number of carbonyl (C=O) groups is 1. The fourth-order valence-electron chi connectivity index (χ4n) is 1.13. The van der Waals surface area contributed by atoms with Gasteiger partial charge < -0.3 is 4.74 Å². The average Bonchev–Trinajstić information content (AvgIpc) is 2.27. The van der Waals surface area contributed by atoms with Gasteiger partial charge in [-0.1, -0.05) is 24.3 Å². The van der Waals surface area contributed by atoms with Gasteiger partial charge in [0.15, 0.2) is 0 Å². The first kappa shape index (κ1) is 11.9. The summed E-state index contributed by atoms with van der Waals surface area (Å²) in [5.41, 5.74) is 1.64. The van der Waals surface area contributed by atoms with Crippen LogP contribution in [0.25, 0.3) is 6.08 Å². The van der Waals surface area contributed by atoms with Crippen LogP contribution in [-0.4, -0.2) is 18.3 Å². The number of carbonyl (C=O) groups excluding carboxylic acids is 1. The number of benzene rings is 1. The molecule has 0 heterocycles. The molecule has 0 aliphatic carbocycles. The number of thiol groups is 1. The van der Waals surface area contributed by atoms with Crippen molar-refractivity contribution < 1.29 is 9.53 Å². The van der Waals surface area contributed by atoms with Gasteiger partial charge in [-0.05, 0) is 24.6 Å². The first-order chi connectivity index (χ1) is 7.27. The third-order valence-corrected chi connectivity index (χ3v) is 2.05. The minimum absolute atomic E-state index is 0.276. The third-order valence-electron chi connectivity index (χ3n) is 1.84. The smallest absolute Gasteiger partial charge is 0.338 e. The molecule has 15 heavy (non-hydrogen) atoms. The maximum Gasteiger partial charge on any atom is 0.338 e. The minimum Gasteiger partial charge on any atom is -0.462 e. The van der Waals surface area contributed by atoms with Crippen LogP contribution >= 0.6 is 12.6 Å². The molecule has 1 rings (SSSR count). The summed E-state index contributed by atoms with van der Waals surface area (Å²) in [7, 11) is 0. The Labute approximate surface area is 95.4 Å². The Kier molecular flexibility index (Phi) is 4.98. The summed E-state index contributed by atoms with van der Waals surface area (Å²) >= 11 is 4.07. The average molecular weight is 222 g/mol. The fourth-order valence-corrected chi connectivity index (χ4v) is 1.24. The molecule has 1 aromatic rings. The molecule has 0 N–H and O–H groups in total. The lowest BCUT2D eigenvalue weighted by molar-refractivity contribution is 0.0526. The predicted molar refractivity (Wildman–Crippen MR) is 65.3 cm³/mol. The Morgan fingerprint density at radius 3 is 2.60 bits per heavy atom. The van der Waals surface area contributed by atoms with Gasteiger partial charge in [0.2, 0.25) is 0 Å². The molecule has 0 radical (unpaired) electrons. The Balaban J connectivity index is 2.71. The van der Waals surface area contributed by atoms with E-state index in [4.69, 9.17) is 4.74 Å². The first-order valence-corrected chi connectivity index (χ1v) is 5.45. The lowest BCUT2D eigenvalue weighted by atomic mass is 10.1. The van der Waals surface area contributed by atoms with Crippen LogP contribution in [0.15, 0.2) is 30.3 Å². The largest absolute Gasteiger partial charge is 0.462 e. The highest BCUT2D eigenvalue weighted by molar-refractivity contribution is 7.80. The van der Waals surface area contributed by atoms with E-state index in [1.807, 2.05) is 24.3 Å². The van der Waals surface area contributed by atoms with Gasteiger partial charge in [0.1, 0.15) is 0 Å². The Bertz CT molecular complexity index is 341. The lowest BCUT2D eigenvalue weighted by Gasteiger charge is -2.01. The second-order valence-electron chi connectivity index (χ2n) is 2.93. The molecule has 0 aliphatic heterocycles. The summed E-state index contributed by atoms with van der Waals surface area (Å²) < 4.78 is 4.88. The molecule has 80 valence electrons. The standard InChI is InChI=1S/C12H14O2S/c1-2-14-12(13)11-7-5-10(6-8-11)4-3-9-15/h3-8,15H,2,9H2,1H3. The van der Waals surface area contributed by atoms with Gasteiger partial charge in [0.25, 0.3) is 0 Å². The zero-order valence-electron chi connectivity index (χ0n) is 8.64. The molecule has 0 amide bonds. The van der Waals surface area contributed by atoms with Crippen LogP contribution in [0.1, 0.15) is 22.8 Å². The van der Waals surface area contributed by atoms with Crippen molar-refractivity contribution in [1.82, 2.24) is 0 Å². The molecule has 0 aliphatic rings. The van der Waals surface area contributed by atoms with Gasteiger partial charge in [-0.3, -0.25) is 0 Å². The van der Waals surface area contributed by atoms with Gasteiger partial charge in [-0.15, -0.1) is 0 Å². The molecule has 2 nitrogen and oxygen atoms in total. The molecule has 0 aromatic heterocycles. The Morgan fingerprint density at radius 1 is 1.40 bits per heavy atom. The molecule has 0 spiro atoms. The molecule has 0 bridgehead atoms. The molecule has 0 atom stereocenters. The first-order valence-electron chi connectivity index (χ1n) is 4.82. The zero-order chi connectivity index (χ0) is 11.1. The summed E-state index contributed by atoms with van der Waals surface area (Å²) in [5.74, 6) is 0.432. The van der Waals surface area contributed by atoms with Crippen molar-refractivity contribution in [3.8, 4) is 0 Å². The lowest BCUT2D eigenvalue weighted by Crippen LogP contribution is -2.03. The zero-order valence-corrected chi connectivity index (χ0v) is 9.54. The number of ether oxygens (including phenoxy) is 1. The van der Waals surface area contributed by atoms with E-state index in [1.165, 1.54) is 0 Å². The van der Waals surface area contributed by atoms with Gasteiger partial charge in [-0.2, -0.15) is 12.6 Å². The van der Waals surface area contributed by atoms with Gasteiger partial charge in [0.05, 0.1) is 12.2 Å². The maximum absolute atomic E-state index is 11.3. The van der Waals surface area contributed by atoms with Crippen molar-refractivity contribution in [3.05, 3.63) is 41.5 Å². The summed E-state index contributed by atoms with van der Waals surface area (Å²) in [6.07, 6.45) is 3.91. The van der Waals surface area contributed by atoms with Crippen LogP contribution in [0.4, 0.5) is 0 Å². The van der Waals surface area contributed by atoms with E-state index in [0.717, 1.165) is 5.56 Å². The molecule has 1 aromatic carbocycles. The summed E-state index contributed by atoms with van der Waals surface area (Å²) in [6.45, 7) is 2.20. The van der Waals surface area contributed by atoms with E-state index in [2.05, 4.69) is 12.6 Å². The van der Waals surface area contributed by atoms with Crippen LogP contribution in [0.5, 0.6) is 0 Å². The van der Waals surface area contributed by atoms with E-state index < -0.39 is 0 Å². The molecular weight excluding hydrogens is 208 g/mol. The van der Waals surface area contributed by atoms with Crippen LogP contribution in [-0.2, 0) is 4.74 Å².